The van der Waals surface area contributed by atoms with Crippen LogP contribution in [0.25, 0.3) is 0 Å². The van der Waals surface area contributed by atoms with Crippen LogP contribution in [0.1, 0.15) is 25.7 Å². The zero-order chi connectivity index (χ0) is 18.2. The molecule has 2 aliphatic rings. The van der Waals surface area contributed by atoms with Crippen LogP contribution in [0.5, 0.6) is 0 Å². The van der Waals surface area contributed by atoms with Gasteiger partial charge in [-0.25, -0.2) is 25.9 Å². The second-order valence-corrected chi connectivity index (χ2v) is 11.3. The van der Waals surface area contributed by atoms with Gasteiger partial charge in [0, 0.05) is 24.7 Å². The smallest absolute Gasteiger partial charge is 0.212 e. The van der Waals surface area contributed by atoms with Gasteiger partial charge in [-0.3, -0.25) is 0 Å². The number of hydrogen-bond donors (Lipinski definition) is 1. The van der Waals surface area contributed by atoms with Crippen molar-refractivity contribution in [3.63, 3.8) is 0 Å². The lowest BCUT2D eigenvalue weighted by atomic mass is 9.99. The van der Waals surface area contributed by atoms with Crippen LogP contribution >= 0.6 is 23.2 Å². The molecule has 0 atom stereocenters. The van der Waals surface area contributed by atoms with E-state index in [4.69, 9.17) is 23.2 Å². The van der Waals surface area contributed by atoms with E-state index in [0.717, 1.165) is 12.8 Å². The van der Waals surface area contributed by atoms with Crippen LogP contribution in [0.15, 0.2) is 23.1 Å². The summed E-state index contributed by atoms with van der Waals surface area (Å²) in [4.78, 5) is -0.0459. The van der Waals surface area contributed by atoms with Crippen LogP contribution in [0.3, 0.4) is 0 Å². The molecule has 0 bridgehead atoms. The van der Waals surface area contributed by atoms with Crippen molar-refractivity contribution >= 4 is 43.2 Å². The molecule has 1 heterocycles. The maximum absolute atomic E-state index is 12.4. The highest BCUT2D eigenvalue weighted by atomic mass is 35.5. The van der Waals surface area contributed by atoms with E-state index in [1.54, 1.807) is 4.31 Å². The van der Waals surface area contributed by atoms with Crippen molar-refractivity contribution in [2.24, 2.45) is 5.92 Å². The van der Waals surface area contributed by atoms with E-state index >= 15 is 0 Å². The van der Waals surface area contributed by atoms with Gasteiger partial charge in [0.1, 0.15) is 4.90 Å². The maximum atomic E-state index is 12.4. The molecule has 0 amide bonds. The molecule has 1 saturated heterocycles. The van der Waals surface area contributed by atoms with E-state index in [-0.39, 0.29) is 27.6 Å². The third kappa shape index (κ3) is 4.48. The molecule has 25 heavy (non-hydrogen) atoms. The van der Waals surface area contributed by atoms with Crippen molar-refractivity contribution in [3.8, 4) is 0 Å². The Balaban J connectivity index is 1.57. The Morgan fingerprint density at radius 2 is 1.68 bits per heavy atom. The minimum absolute atomic E-state index is 0.0459. The van der Waals surface area contributed by atoms with Gasteiger partial charge < -0.3 is 0 Å². The van der Waals surface area contributed by atoms with Gasteiger partial charge in [0.25, 0.3) is 0 Å². The summed E-state index contributed by atoms with van der Waals surface area (Å²) in [6.07, 6.45) is 2.78. The van der Waals surface area contributed by atoms with Crippen molar-refractivity contribution in [1.82, 2.24) is 9.03 Å². The highest BCUT2D eigenvalue weighted by Crippen LogP contribution is 2.33. The fraction of sp³-hybridized carbons (Fsp3) is 0.600. The van der Waals surface area contributed by atoms with Crippen molar-refractivity contribution < 1.29 is 16.8 Å². The molecule has 10 heteroatoms. The summed E-state index contributed by atoms with van der Waals surface area (Å²) >= 11 is 11.8. The molecule has 1 aromatic rings. The highest BCUT2D eigenvalue weighted by molar-refractivity contribution is 7.90. The van der Waals surface area contributed by atoms with Crippen LogP contribution in [-0.2, 0) is 20.0 Å². The lowest BCUT2D eigenvalue weighted by molar-refractivity contribution is 0.274. The van der Waals surface area contributed by atoms with Crippen LogP contribution in [0.2, 0.25) is 10.0 Å². The second kappa shape index (κ2) is 7.32. The van der Waals surface area contributed by atoms with Gasteiger partial charge in [0.2, 0.25) is 20.0 Å². The first-order chi connectivity index (χ1) is 11.7. The average Bonchev–Trinajstić information content (AvgIpc) is 3.41. The molecule has 1 saturated carbocycles. The van der Waals surface area contributed by atoms with E-state index in [2.05, 4.69) is 4.72 Å². The van der Waals surface area contributed by atoms with Gasteiger partial charge in [0.15, 0.2) is 0 Å². The van der Waals surface area contributed by atoms with E-state index < -0.39 is 20.0 Å². The Morgan fingerprint density at radius 1 is 1.04 bits per heavy atom. The molecular weight excluding hydrogens is 407 g/mol. The van der Waals surface area contributed by atoms with Gasteiger partial charge >= 0.3 is 0 Å². The molecule has 1 aliphatic heterocycles. The molecule has 1 aliphatic carbocycles. The normalized spacial score (nSPS) is 20.7. The van der Waals surface area contributed by atoms with Gasteiger partial charge in [-0.05, 0) is 49.8 Å². The molecule has 1 aromatic carbocycles. The SMILES string of the molecule is O=S(=O)(NCC1CCN(S(=O)(=O)C2CC2)CC1)c1cc(Cl)ccc1Cl. The monoisotopic (exact) mass is 426 g/mol. The summed E-state index contributed by atoms with van der Waals surface area (Å²) in [6.45, 7) is 1.15. The molecule has 2 fully saturated rings. The number of sulfonamides is 2. The van der Waals surface area contributed by atoms with Crippen LogP contribution < -0.4 is 4.72 Å². The number of halogens is 2. The summed E-state index contributed by atoms with van der Waals surface area (Å²) in [7, 11) is -6.90. The topological polar surface area (TPSA) is 83.6 Å². The average molecular weight is 427 g/mol. The largest absolute Gasteiger partial charge is 0.242 e. The Kier molecular flexibility index (Phi) is 5.68. The molecule has 1 N–H and O–H groups in total. The Morgan fingerprint density at radius 3 is 2.28 bits per heavy atom. The van der Waals surface area contributed by atoms with E-state index in [0.29, 0.717) is 31.0 Å². The number of piperidine rings is 1. The molecule has 0 unspecified atom stereocenters. The zero-order valence-electron chi connectivity index (χ0n) is 13.5. The lowest BCUT2D eigenvalue weighted by Crippen LogP contribution is -2.42. The predicted molar refractivity (Wildman–Crippen MR) is 97.9 cm³/mol. The van der Waals surface area contributed by atoms with E-state index in [1.165, 1.54) is 18.2 Å². The van der Waals surface area contributed by atoms with Crippen molar-refractivity contribution in [1.29, 1.82) is 0 Å². The Labute approximate surface area is 158 Å². The van der Waals surface area contributed by atoms with Gasteiger partial charge in [-0.15, -0.1) is 0 Å². The first kappa shape index (κ1) is 19.4. The minimum Gasteiger partial charge on any atom is -0.212 e. The third-order valence-corrected chi connectivity index (χ3v) is 9.16. The second-order valence-electron chi connectivity index (χ2n) is 6.51. The van der Waals surface area contributed by atoms with Crippen molar-refractivity contribution in [2.75, 3.05) is 19.6 Å². The van der Waals surface area contributed by atoms with E-state index in [9.17, 15) is 16.8 Å². The molecule has 0 aromatic heterocycles. The fourth-order valence-corrected chi connectivity index (χ4v) is 6.68. The van der Waals surface area contributed by atoms with Gasteiger partial charge in [0.05, 0.1) is 10.3 Å². The van der Waals surface area contributed by atoms with Crippen molar-refractivity contribution in [3.05, 3.63) is 28.2 Å². The summed E-state index contributed by atoms with van der Waals surface area (Å²) < 4.78 is 53.4. The summed E-state index contributed by atoms with van der Waals surface area (Å²) in [5, 5.41) is 0.207. The van der Waals surface area contributed by atoms with Crippen molar-refractivity contribution in [2.45, 2.75) is 35.8 Å². The molecule has 3 rings (SSSR count). The quantitative estimate of drug-likeness (QED) is 0.756. The Hall–Kier alpha value is -0.380. The zero-order valence-corrected chi connectivity index (χ0v) is 16.6. The lowest BCUT2D eigenvalue weighted by Gasteiger charge is -2.31. The first-order valence-electron chi connectivity index (χ1n) is 8.14. The molecule has 0 radical (unpaired) electrons. The number of rotatable bonds is 6. The van der Waals surface area contributed by atoms with Crippen LogP contribution in [-0.4, -0.2) is 46.0 Å². The van der Waals surface area contributed by atoms with Gasteiger partial charge in [-0.2, -0.15) is 0 Å². The molecule has 0 spiro atoms. The number of hydrogen-bond acceptors (Lipinski definition) is 4. The number of benzene rings is 1. The molecule has 140 valence electrons. The minimum atomic E-state index is -3.76. The van der Waals surface area contributed by atoms with Gasteiger partial charge in [-0.1, -0.05) is 23.2 Å². The maximum Gasteiger partial charge on any atom is 0.242 e. The standard InChI is InChI=1S/C15H20Cl2N2O4S2/c16-12-1-4-14(17)15(9-12)24(20,21)18-10-11-5-7-19(8-6-11)25(22,23)13-2-3-13/h1,4,9,11,13,18H,2-3,5-8,10H2. The van der Waals surface area contributed by atoms with Crippen LogP contribution in [0.4, 0.5) is 0 Å². The number of nitrogens with zero attached hydrogens (tertiary/aromatic N) is 1. The Bertz CT molecular complexity index is 846. The number of nitrogens with one attached hydrogen (secondary N) is 1. The summed E-state index contributed by atoms with van der Waals surface area (Å²) in [6, 6.07) is 4.29. The molecule has 6 nitrogen and oxygen atoms in total. The fourth-order valence-electron chi connectivity index (χ4n) is 2.93. The predicted octanol–water partition coefficient (Wildman–Crippen LogP) is 2.48. The highest BCUT2D eigenvalue weighted by Gasteiger charge is 2.41. The summed E-state index contributed by atoms with van der Waals surface area (Å²) in [5.41, 5.74) is 0. The molecular formula is C15H20Cl2N2O4S2. The first-order valence-corrected chi connectivity index (χ1v) is 11.9. The summed E-state index contributed by atoms with van der Waals surface area (Å²) in [5.74, 6) is 0.0957. The third-order valence-electron chi connectivity index (χ3n) is 4.62. The van der Waals surface area contributed by atoms with E-state index in [1.807, 2.05) is 0 Å². The van der Waals surface area contributed by atoms with Crippen LogP contribution in [0, 0.1) is 5.92 Å².